The lowest BCUT2D eigenvalue weighted by Crippen LogP contribution is -2.21. The Morgan fingerprint density at radius 3 is 2.70 bits per heavy atom. The molecule has 8 nitrogen and oxygen atoms in total. The van der Waals surface area contributed by atoms with E-state index in [0.717, 1.165) is 16.2 Å². The van der Waals surface area contributed by atoms with Crippen LogP contribution in [0.4, 0.5) is 5.13 Å². The molecule has 144 valence electrons. The summed E-state index contributed by atoms with van der Waals surface area (Å²) in [5.74, 6) is -1.25. The number of benzene rings is 1. The van der Waals surface area contributed by atoms with Crippen molar-refractivity contribution < 1.29 is 28.6 Å². The van der Waals surface area contributed by atoms with Crippen LogP contribution in [0.5, 0.6) is 5.75 Å². The molecular formula is C17H18N2O6S2. The largest absolute Gasteiger partial charge is 0.496 e. The Labute approximate surface area is 164 Å². The van der Waals surface area contributed by atoms with Crippen LogP contribution in [-0.2, 0) is 25.5 Å². The van der Waals surface area contributed by atoms with Crippen LogP contribution in [0.3, 0.4) is 0 Å². The number of nitrogens with one attached hydrogen (secondary N) is 1. The Hall–Kier alpha value is -2.59. The summed E-state index contributed by atoms with van der Waals surface area (Å²) < 4.78 is 14.8. The first-order valence-electron chi connectivity index (χ1n) is 7.67. The number of hydrogen-bond donors (Lipinski definition) is 1. The molecule has 10 heteroatoms. The summed E-state index contributed by atoms with van der Waals surface area (Å²) in [7, 11) is 2.74. The Morgan fingerprint density at radius 2 is 2.04 bits per heavy atom. The molecule has 0 saturated heterocycles. The molecule has 1 aromatic heterocycles. The summed E-state index contributed by atoms with van der Waals surface area (Å²) >= 11 is 2.67. The van der Waals surface area contributed by atoms with E-state index in [4.69, 9.17) is 9.47 Å². The van der Waals surface area contributed by atoms with Crippen molar-refractivity contribution in [3.8, 4) is 5.75 Å². The van der Waals surface area contributed by atoms with Crippen molar-refractivity contribution in [1.29, 1.82) is 0 Å². The molecular weight excluding hydrogens is 392 g/mol. The average Bonchev–Trinajstić information content (AvgIpc) is 3.11. The molecule has 1 aromatic carbocycles. The minimum absolute atomic E-state index is 0.0176. The molecule has 2 aromatic rings. The number of aromatic nitrogens is 1. The molecule has 0 fully saturated rings. The molecule has 0 atom stereocenters. The van der Waals surface area contributed by atoms with E-state index in [9.17, 15) is 14.4 Å². The van der Waals surface area contributed by atoms with Crippen molar-refractivity contribution in [3.05, 3.63) is 34.8 Å². The SMILES string of the molecule is COC(=O)Cc1csc(NC(=O)COC(=O)c2ccc(SC)cc2OC)n1. The van der Waals surface area contributed by atoms with Crippen LogP contribution in [0.2, 0.25) is 0 Å². The number of thiazole rings is 1. The summed E-state index contributed by atoms with van der Waals surface area (Å²) in [5.41, 5.74) is 0.718. The summed E-state index contributed by atoms with van der Waals surface area (Å²) in [5, 5.41) is 4.45. The molecule has 1 heterocycles. The van der Waals surface area contributed by atoms with Gasteiger partial charge in [-0.2, -0.15) is 0 Å². The number of esters is 2. The van der Waals surface area contributed by atoms with Crippen molar-refractivity contribution in [2.75, 3.05) is 32.4 Å². The highest BCUT2D eigenvalue weighted by molar-refractivity contribution is 7.98. The predicted molar refractivity (Wildman–Crippen MR) is 102 cm³/mol. The molecule has 0 aliphatic carbocycles. The third-order valence-electron chi connectivity index (χ3n) is 3.31. The Bertz CT molecular complexity index is 837. The number of hydrogen-bond acceptors (Lipinski definition) is 9. The summed E-state index contributed by atoms with van der Waals surface area (Å²) in [6.07, 6.45) is 1.93. The second-order valence-corrected chi connectivity index (χ2v) is 6.83. The van der Waals surface area contributed by atoms with Gasteiger partial charge in [-0.1, -0.05) is 0 Å². The molecule has 27 heavy (non-hydrogen) atoms. The second kappa shape index (κ2) is 9.93. The molecule has 0 bridgehead atoms. The number of nitrogens with zero attached hydrogens (tertiary/aromatic N) is 1. The van der Waals surface area contributed by atoms with Gasteiger partial charge in [-0.15, -0.1) is 23.1 Å². The standard InChI is InChI=1S/C17H18N2O6S2/c1-23-13-7-11(26-3)4-5-12(13)16(22)25-8-14(20)19-17-18-10(9-27-17)6-15(21)24-2/h4-5,7,9H,6,8H2,1-3H3,(H,18,19,20). The van der Waals surface area contributed by atoms with Crippen molar-refractivity contribution in [2.24, 2.45) is 0 Å². The van der Waals surface area contributed by atoms with E-state index in [0.29, 0.717) is 16.6 Å². The Kier molecular flexibility index (Phi) is 7.62. The molecule has 0 aliphatic heterocycles. The van der Waals surface area contributed by atoms with Gasteiger partial charge >= 0.3 is 11.9 Å². The number of amides is 1. The highest BCUT2D eigenvalue weighted by Gasteiger charge is 2.17. The first-order chi connectivity index (χ1) is 13.0. The van der Waals surface area contributed by atoms with E-state index in [1.54, 1.807) is 23.6 Å². The minimum atomic E-state index is -0.667. The van der Waals surface area contributed by atoms with Crippen LogP contribution >= 0.6 is 23.1 Å². The van der Waals surface area contributed by atoms with Gasteiger partial charge in [0.05, 0.1) is 26.3 Å². The lowest BCUT2D eigenvalue weighted by molar-refractivity contribution is -0.139. The van der Waals surface area contributed by atoms with E-state index in [1.807, 2.05) is 6.26 Å². The maximum atomic E-state index is 12.2. The first-order valence-corrected chi connectivity index (χ1v) is 9.77. The lowest BCUT2D eigenvalue weighted by atomic mass is 10.2. The predicted octanol–water partition coefficient (Wildman–Crippen LogP) is 2.38. The third-order valence-corrected chi connectivity index (χ3v) is 4.85. The number of carbonyl (C=O) groups is 3. The molecule has 0 radical (unpaired) electrons. The van der Waals surface area contributed by atoms with Gasteiger partial charge in [-0.25, -0.2) is 9.78 Å². The fourth-order valence-electron chi connectivity index (χ4n) is 2.00. The normalized spacial score (nSPS) is 10.2. The van der Waals surface area contributed by atoms with Gasteiger partial charge in [0.1, 0.15) is 11.3 Å². The van der Waals surface area contributed by atoms with Crippen LogP contribution in [-0.4, -0.2) is 49.9 Å². The topological polar surface area (TPSA) is 104 Å². The summed E-state index contributed by atoms with van der Waals surface area (Å²) in [6, 6.07) is 5.08. The molecule has 1 N–H and O–H groups in total. The maximum Gasteiger partial charge on any atom is 0.342 e. The van der Waals surface area contributed by atoms with Gasteiger partial charge in [0.25, 0.3) is 5.91 Å². The zero-order valence-corrected chi connectivity index (χ0v) is 16.6. The van der Waals surface area contributed by atoms with Crippen LogP contribution < -0.4 is 10.1 Å². The van der Waals surface area contributed by atoms with Crippen molar-refractivity contribution >= 4 is 46.1 Å². The molecule has 2 rings (SSSR count). The number of methoxy groups -OCH3 is 2. The zero-order chi connectivity index (χ0) is 19.8. The van der Waals surface area contributed by atoms with E-state index in [1.165, 1.54) is 26.0 Å². The Morgan fingerprint density at radius 1 is 1.26 bits per heavy atom. The minimum Gasteiger partial charge on any atom is -0.496 e. The van der Waals surface area contributed by atoms with Crippen LogP contribution in [0, 0.1) is 0 Å². The number of thioether (sulfide) groups is 1. The fourth-order valence-corrected chi connectivity index (χ4v) is 3.15. The van der Waals surface area contributed by atoms with E-state index in [-0.39, 0.29) is 12.0 Å². The maximum absolute atomic E-state index is 12.2. The van der Waals surface area contributed by atoms with Gasteiger partial charge in [-0.3, -0.25) is 14.9 Å². The smallest absolute Gasteiger partial charge is 0.342 e. The van der Waals surface area contributed by atoms with Crippen molar-refractivity contribution in [1.82, 2.24) is 4.98 Å². The molecule has 0 saturated carbocycles. The number of ether oxygens (including phenoxy) is 3. The van der Waals surface area contributed by atoms with E-state index >= 15 is 0 Å². The highest BCUT2D eigenvalue weighted by Crippen LogP contribution is 2.26. The lowest BCUT2D eigenvalue weighted by Gasteiger charge is -2.09. The van der Waals surface area contributed by atoms with Gasteiger partial charge in [0.2, 0.25) is 0 Å². The monoisotopic (exact) mass is 410 g/mol. The average molecular weight is 410 g/mol. The van der Waals surface area contributed by atoms with Crippen LogP contribution in [0.15, 0.2) is 28.5 Å². The van der Waals surface area contributed by atoms with Crippen molar-refractivity contribution in [3.63, 3.8) is 0 Å². The Balaban J connectivity index is 1.90. The summed E-state index contributed by atoms with van der Waals surface area (Å²) in [4.78, 5) is 40.4. The molecule has 0 aliphatic rings. The zero-order valence-electron chi connectivity index (χ0n) is 14.9. The van der Waals surface area contributed by atoms with Gasteiger partial charge in [-0.05, 0) is 24.5 Å². The molecule has 0 spiro atoms. The quantitative estimate of drug-likeness (QED) is 0.523. The van der Waals surface area contributed by atoms with Crippen LogP contribution in [0.1, 0.15) is 16.1 Å². The van der Waals surface area contributed by atoms with E-state index in [2.05, 4.69) is 15.0 Å². The van der Waals surface area contributed by atoms with Crippen molar-refractivity contribution in [2.45, 2.75) is 11.3 Å². The number of carbonyl (C=O) groups excluding carboxylic acids is 3. The van der Waals surface area contributed by atoms with E-state index < -0.39 is 24.5 Å². The highest BCUT2D eigenvalue weighted by atomic mass is 32.2. The number of anilines is 1. The first kappa shape index (κ1) is 20.7. The van der Waals surface area contributed by atoms with Gasteiger partial charge in [0, 0.05) is 10.3 Å². The van der Waals surface area contributed by atoms with Gasteiger partial charge < -0.3 is 14.2 Å². The number of rotatable bonds is 8. The second-order valence-electron chi connectivity index (χ2n) is 5.09. The molecule has 1 amide bonds. The fraction of sp³-hybridized carbons (Fsp3) is 0.294. The molecule has 0 unspecified atom stereocenters. The summed E-state index contributed by atoms with van der Waals surface area (Å²) in [6.45, 7) is -0.474. The third kappa shape index (κ3) is 5.97. The van der Waals surface area contributed by atoms with Crippen LogP contribution in [0.25, 0.3) is 0 Å². The van der Waals surface area contributed by atoms with Gasteiger partial charge in [0.15, 0.2) is 11.7 Å².